The fraction of sp³-hybridized carbons (Fsp3) is 0.308. The van der Waals surface area contributed by atoms with Gasteiger partial charge in [0.1, 0.15) is 11.2 Å². The number of fused-ring (bicyclic) bond motifs is 1. The second-order valence-electron chi connectivity index (χ2n) is 5.09. The lowest BCUT2D eigenvalue weighted by atomic mass is 10.2. The summed E-state index contributed by atoms with van der Waals surface area (Å²) in [5.74, 6) is -0.510. The summed E-state index contributed by atoms with van der Waals surface area (Å²) in [6, 6.07) is 1.65. The number of hydrogen-bond donors (Lipinski definition) is 0. The zero-order valence-corrected chi connectivity index (χ0v) is 12.4. The van der Waals surface area contributed by atoms with Gasteiger partial charge in [0, 0.05) is 16.9 Å². The van der Waals surface area contributed by atoms with Crippen LogP contribution in [0.1, 0.15) is 41.6 Å². The summed E-state index contributed by atoms with van der Waals surface area (Å²) >= 11 is 3.30. The summed E-state index contributed by atoms with van der Waals surface area (Å²) in [5, 5.41) is 0. The molecule has 19 heavy (non-hydrogen) atoms. The first-order valence-corrected chi connectivity index (χ1v) is 6.46. The molecular formula is C13H13BrN2O3. The van der Waals surface area contributed by atoms with Crippen LogP contribution in [0.3, 0.4) is 0 Å². The maximum Gasteiger partial charge on any atom is 0.359 e. The van der Waals surface area contributed by atoms with Crippen molar-refractivity contribution in [1.82, 2.24) is 9.38 Å². The fourth-order valence-electron chi connectivity index (χ4n) is 1.60. The van der Waals surface area contributed by atoms with Gasteiger partial charge in [-0.05, 0) is 42.8 Å². The van der Waals surface area contributed by atoms with Crippen molar-refractivity contribution >= 4 is 33.8 Å². The standard InChI is InChI=1S/C13H13BrN2O3/c1-13(2,3)19-12(18)10-6-16-5-9(14)4-8(7-17)11(16)15-10/h4-7H,1-3H3. The zero-order chi connectivity index (χ0) is 14.2. The Bertz CT molecular complexity index is 656. The quantitative estimate of drug-likeness (QED) is 0.629. The molecule has 0 aliphatic rings. The Balaban J connectivity index is 2.47. The number of nitrogens with zero attached hydrogens (tertiary/aromatic N) is 2. The second-order valence-corrected chi connectivity index (χ2v) is 6.01. The minimum Gasteiger partial charge on any atom is -0.455 e. The van der Waals surface area contributed by atoms with Crippen molar-refractivity contribution in [3.63, 3.8) is 0 Å². The molecule has 0 amide bonds. The Morgan fingerprint density at radius 1 is 1.42 bits per heavy atom. The highest BCUT2D eigenvalue weighted by molar-refractivity contribution is 9.10. The van der Waals surface area contributed by atoms with Crippen LogP contribution in [0, 0.1) is 0 Å². The lowest BCUT2D eigenvalue weighted by molar-refractivity contribution is 0.00635. The Labute approximate surface area is 118 Å². The van der Waals surface area contributed by atoms with Crippen molar-refractivity contribution in [1.29, 1.82) is 0 Å². The highest BCUT2D eigenvalue weighted by Gasteiger charge is 2.21. The Kier molecular flexibility index (Phi) is 3.45. The molecule has 6 heteroatoms. The van der Waals surface area contributed by atoms with Gasteiger partial charge in [-0.3, -0.25) is 4.79 Å². The highest BCUT2D eigenvalue weighted by atomic mass is 79.9. The summed E-state index contributed by atoms with van der Waals surface area (Å²) < 4.78 is 7.59. The average molecular weight is 325 g/mol. The molecule has 5 nitrogen and oxygen atoms in total. The number of pyridine rings is 1. The molecule has 2 rings (SSSR count). The molecule has 0 aliphatic carbocycles. The molecule has 0 aliphatic heterocycles. The van der Waals surface area contributed by atoms with Crippen LogP contribution < -0.4 is 0 Å². The minimum atomic E-state index is -0.582. The van der Waals surface area contributed by atoms with Crippen LogP contribution in [0.15, 0.2) is 22.9 Å². The molecule has 0 saturated carbocycles. The summed E-state index contributed by atoms with van der Waals surface area (Å²) in [5.41, 5.74) is 0.431. The number of carbonyl (C=O) groups is 2. The number of esters is 1. The maximum atomic E-state index is 11.9. The zero-order valence-electron chi connectivity index (χ0n) is 10.8. The van der Waals surface area contributed by atoms with Gasteiger partial charge in [-0.15, -0.1) is 0 Å². The lowest BCUT2D eigenvalue weighted by Crippen LogP contribution is -2.24. The van der Waals surface area contributed by atoms with Gasteiger partial charge in [-0.1, -0.05) is 0 Å². The van der Waals surface area contributed by atoms with Crippen LogP contribution in [0.5, 0.6) is 0 Å². The van der Waals surface area contributed by atoms with E-state index in [-0.39, 0.29) is 5.69 Å². The first kappa shape index (κ1) is 13.7. The second kappa shape index (κ2) is 4.77. The summed E-state index contributed by atoms with van der Waals surface area (Å²) in [6.07, 6.45) is 3.97. The van der Waals surface area contributed by atoms with Gasteiger partial charge in [-0.2, -0.15) is 0 Å². The molecule has 100 valence electrons. The normalized spacial score (nSPS) is 11.6. The number of rotatable bonds is 2. The first-order chi connectivity index (χ1) is 8.80. The largest absolute Gasteiger partial charge is 0.455 e. The molecule has 0 N–H and O–H groups in total. The van der Waals surface area contributed by atoms with E-state index in [1.165, 1.54) is 0 Å². The summed E-state index contributed by atoms with van der Waals surface area (Å²) in [7, 11) is 0. The number of hydrogen-bond acceptors (Lipinski definition) is 4. The van der Waals surface area contributed by atoms with Crippen LogP contribution in [0.2, 0.25) is 0 Å². The van der Waals surface area contributed by atoms with Crippen molar-refractivity contribution in [3.8, 4) is 0 Å². The number of aldehydes is 1. The topological polar surface area (TPSA) is 60.7 Å². The fourth-order valence-corrected chi connectivity index (χ4v) is 2.07. The van der Waals surface area contributed by atoms with Gasteiger partial charge >= 0.3 is 5.97 Å². The van der Waals surface area contributed by atoms with Crippen LogP contribution >= 0.6 is 15.9 Å². The first-order valence-electron chi connectivity index (χ1n) is 5.67. The van der Waals surface area contributed by atoms with Gasteiger partial charge in [-0.25, -0.2) is 9.78 Å². The third kappa shape index (κ3) is 3.01. The van der Waals surface area contributed by atoms with Crippen LogP contribution in [-0.2, 0) is 4.74 Å². The number of halogens is 1. The van der Waals surface area contributed by atoms with Gasteiger partial charge in [0.25, 0.3) is 0 Å². The lowest BCUT2D eigenvalue weighted by Gasteiger charge is -2.18. The molecular weight excluding hydrogens is 312 g/mol. The van der Waals surface area contributed by atoms with E-state index in [4.69, 9.17) is 4.74 Å². The third-order valence-corrected chi connectivity index (χ3v) is 2.71. The average Bonchev–Trinajstić information content (AvgIpc) is 2.69. The van der Waals surface area contributed by atoms with Crippen molar-refractivity contribution in [3.05, 3.63) is 34.2 Å². The predicted molar refractivity (Wildman–Crippen MR) is 73.4 cm³/mol. The van der Waals surface area contributed by atoms with Crippen molar-refractivity contribution in [2.24, 2.45) is 0 Å². The molecule has 0 fully saturated rings. The molecule has 0 unspecified atom stereocenters. The van der Waals surface area contributed by atoms with E-state index in [2.05, 4.69) is 20.9 Å². The monoisotopic (exact) mass is 324 g/mol. The summed E-state index contributed by atoms with van der Waals surface area (Å²) in [6.45, 7) is 5.36. The molecule has 0 aromatic carbocycles. The van der Waals surface area contributed by atoms with Crippen LogP contribution in [-0.4, -0.2) is 27.2 Å². The van der Waals surface area contributed by atoms with Crippen LogP contribution in [0.25, 0.3) is 5.65 Å². The Hall–Kier alpha value is -1.69. The Morgan fingerprint density at radius 3 is 2.68 bits per heavy atom. The van der Waals surface area contributed by atoms with Gasteiger partial charge in [0.15, 0.2) is 12.0 Å². The van der Waals surface area contributed by atoms with E-state index >= 15 is 0 Å². The van der Waals surface area contributed by atoms with Crippen LogP contribution in [0.4, 0.5) is 0 Å². The van der Waals surface area contributed by atoms with E-state index in [1.54, 1.807) is 43.6 Å². The van der Waals surface area contributed by atoms with Gasteiger partial charge in [0.2, 0.25) is 0 Å². The molecule has 2 heterocycles. The Morgan fingerprint density at radius 2 is 2.11 bits per heavy atom. The summed E-state index contributed by atoms with van der Waals surface area (Å²) in [4.78, 5) is 27.1. The van der Waals surface area contributed by atoms with Crippen molar-refractivity contribution in [2.45, 2.75) is 26.4 Å². The molecule has 0 spiro atoms. The molecule has 0 radical (unpaired) electrons. The molecule has 0 atom stereocenters. The van der Waals surface area contributed by atoms with E-state index in [9.17, 15) is 9.59 Å². The van der Waals surface area contributed by atoms with Crippen molar-refractivity contribution < 1.29 is 14.3 Å². The maximum absolute atomic E-state index is 11.9. The third-order valence-electron chi connectivity index (χ3n) is 2.28. The number of ether oxygens (including phenoxy) is 1. The predicted octanol–water partition coefficient (Wildman–Crippen LogP) is 2.86. The molecule has 2 aromatic rings. The smallest absolute Gasteiger partial charge is 0.359 e. The minimum absolute atomic E-state index is 0.177. The number of aromatic nitrogens is 2. The molecule has 0 saturated heterocycles. The SMILES string of the molecule is CC(C)(C)OC(=O)c1cn2cc(Br)cc(C=O)c2n1. The highest BCUT2D eigenvalue weighted by Crippen LogP contribution is 2.18. The van der Waals surface area contributed by atoms with E-state index in [1.807, 2.05) is 0 Å². The van der Waals surface area contributed by atoms with Crippen molar-refractivity contribution in [2.75, 3.05) is 0 Å². The van der Waals surface area contributed by atoms with Gasteiger partial charge < -0.3 is 9.14 Å². The molecule has 0 bridgehead atoms. The number of carbonyl (C=O) groups excluding carboxylic acids is 2. The van der Waals surface area contributed by atoms with Gasteiger partial charge in [0.05, 0.1) is 5.56 Å². The molecule has 2 aromatic heterocycles. The van der Waals surface area contributed by atoms with E-state index in [0.29, 0.717) is 17.5 Å². The van der Waals surface area contributed by atoms with E-state index < -0.39 is 11.6 Å². The van der Waals surface area contributed by atoms with E-state index in [0.717, 1.165) is 4.47 Å². The number of imidazole rings is 1.